The highest BCUT2D eigenvalue weighted by Gasteiger charge is 2.27. The molecule has 348 valence electrons. The normalized spacial score (nSPS) is 13.7. The molecular weight excluding hydrogens is 762 g/mol. The summed E-state index contributed by atoms with van der Waals surface area (Å²) in [6, 6.07) is 0. The molecule has 10 heteroatoms. The van der Waals surface area contributed by atoms with E-state index in [0.717, 1.165) is 44.9 Å². The second-order valence-electron chi connectivity index (χ2n) is 17.9. The smallest absolute Gasteiger partial charge is 0.462 e. The fourth-order valence-corrected chi connectivity index (χ4v) is 7.61. The first-order valence-corrected chi connectivity index (χ1v) is 26.1. The number of carbonyl (C=O) groups is 2. The number of quaternary nitrogens is 1. The summed E-state index contributed by atoms with van der Waals surface area (Å²) in [5.74, 6) is -0.793. The fraction of sp³-hybridized carbons (Fsp3) is 0.878. The topological polar surface area (TPSA) is 108 Å². The average Bonchev–Trinajstić information content (AvgIpc) is 3.19. The highest BCUT2D eigenvalue weighted by atomic mass is 31.2. The van der Waals surface area contributed by atoms with Gasteiger partial charge in [-0.2, -0.15) is 0 Å². The van der Waals surface area contributed by atoms with Crippen molar-refractivity contribution in [2.75, 3.05) is 47.5 Å². The maximum atomic E-state index is 12.7. The molecule has 0 aromatic carbocycles. The molecule has 0 aliphatic rings. The van der Waals surface area contributed by atoms with Crippen molar-refractivity contribution in [3.8, 4) is 0 Å². The minimum atomic E-state index is -4.37. The van der Waals surface area contributed by atoms with E-state index >= 15 is 0 Å². The third-order valence-corrected chi connectivity index (χ3v) is 11.7. The van der Waals surface area contributed by atoms with Crippen LogP contribution in [0.25, 0.3) is 0 Å². The lowest BCUT2D eigenvalue weighted by molar-refractivity contribution is -0.870. The van der Waals surface area contributed by atoms with Gasteiger partial charge in [-0.15, -0.1) is 0 Å². The summed E-state index contributed by atoms with van der Waals surface area (Å²) in [6.07, 6.45) is 46.5. The number of hydrogen-bond acceptors (Lipinski definition) is 7. The number of phosphoric ester groups is 1. The van der Waals surface area contributed by atoms with E-state index in [0.29, 0.717) is 23.9 Å². The first-order valence-electron chi connectivity index (χ1n) is 24.6. The van der Waals surface area contributed by atoms with Gasteiger partial charge >= 0.3 is 19.8 Å². The summed E-state index contributed by atoms with van der Waals surface area (Å²) in [4.78, 5) is 35.5. The van der Waals surface area contributed by atoms with Gasteiger partial charge in [0.15, 0.2) is 6.10 Å². The molecule has 0 saturated heterocycles. The van der Waals surface area contributed by atoms with Crippen molar-refractivity contribution in [3.63, 3.8) is 0 Å². The molecule has 0 amide bonds. The SMILES string of the molecule is CCCCCCC/C=C\C/C=C\CCCCCCCCCCCC(=O)OC(COC(=O)CCCCCCCCCCCCCCCC)COP(=O)(O)OCC[N+](C)(C)C. The Morgan fingerprint density at radius 3 is 1.34 bits per heavy atom. The van der Waals surface area contributed by atoms with Gasteiger partial charge in [0, 0.05) is 12.8 Å². The van der Waals surface area contributed by atoms with Crippen LogP contribution in [0.3, 0.4) is 0 Å². The minimum Gasteiger partial charge on any atom is -0.462 e. The third kappa shape index (κ3) is 45.8. The van der Waals surface area contributed by atoms with E-state index < -0.39 is 26.5 Å². The van der Waals surface area contributed by atoms with Crippen LogP contribution in [0.2, 0.25) is 0 Å². The Bertz CT molecular complexity index is 1060. The molecule has 0 bridgehead atoms. The Balaban J connectivity index is 4.26. The molecule has 2 atom stereocenters. The minimum absolute atomic E-state index is 0.0329. The van der Waals surface area contributed by atoms with E-state index in [1.54, 1.807) is 0 Å². The predicted molar refractivity (Wildman–Crippen MR) is 247 cm³/mol. The largest absolute Gasteiger partial charge is 0.472 e. The van der Waals surface area contributed by atoms with Crippen molar-refractivity contribution in [3.05, 3.63) is 24.3 Å². The van der Waals surface area contributed by atoms with Gasteiger partial charge in [-0.3, -0.25) is 18.6 Å². The van der Waals surface area contributed by atoms with E-state index in [4.69, 9.17) is 18.5 Å². The van der Waals surface area contributed by atoms with Crippen molar-refractivity contribution in [2.24, 2.45) is 0 Å². The van der Waals surface area contributed by atoms with Gasteiger partial charge in [-0.05, 0) is 44.9 Å². The Morgan fingerprint density at radius 2 is 0.915 bits per heavy atom. The van der Waals surface area contributed by atoms with Gasteiger partial charge in [-0.25, -0.2) is 4.57 Å². The van der Waals surface area contributed by atoms with Gasteiger partial charge in [0.1, 0.15) is 19.8 Å². The van der Waals surface area contributed by atoms with Crippen LogP contribution in [0.4, 0.5) is 0 Å². The van der Waals surface area contributed by atoms with E-state index in [2.05, 4.69) is 38.2 Å². The van der Waals surface area contributed by atoms with Crippen LogP contribution < -0.4 is 0 Å². The molecule has 0 rings (SSSR count). The van der Waals surface area contributed by atoms with E-state index in [9.17, 15) is 19.0 Å². The molecule has 0 aliphatic heterocycles. The number of rotatable bonds is 45. The molecule has 0 radical (unpaired) electrons. The Kier molecular flexibility index (Phi) is 40.8. The van der Waals surface area contributed by atoms with Crippen molar-refractivity contribution in [2.45, 2.75) is 232 Å². The number of phosphoric acid groups is 1. The first kappa shape index (κ1) is 57.5. The second kappa shape index (κ2) is 41.8. The van der Waals surface area contributed by atoms with E-state index in [1.165, 1.54) is 148 Å². The number of allylic oxidation sites excluding steroid dienone is 4. The monoisotopic (exact) mass is 857 g/mol. The summed E-state index contributed by atoms with van der Waals surface area (Å²) in [7, 11) is 1.48. The first-order chi connectivity index (χ1) is 28.5. The van der Waals surface area contributed by atoms with Crippen molar-refractivity contribution in [1.82, 2.24) is 0 Å². The van der Waals surface area contributed by atoms with Crippen molar-refractivity contribution >= 4 is 19.8 Å². The lowest BCUT2D eigenvalue weighted by Crippen LogP contribution is -2.37. The molecule has 0 aliphatic carbocycles. The number of hydrogen-bond donors (Lipinski definition) is 1. The zero-order chi connectivity index (χ0) is 43.6. The highest BCUT2D eigenvalue weighted by Crippen LogP contribution is 2.43. The molecule has 0 fully saturated rings. The maximum Gasteiger partial charge on any atom is 0.472 e. The van der Waals surface area contributed by atoms with Gasteiger partial charge in [-0.1, -0.05) is 192 Å². The van der Waals surface area contributed by atoms with Crippen molar-refractivity contribution in [1.29, 1.82) is 0 Å². The highest BCUT2D eigenvalue weighted by molar-refractivity contribution is 7.47. The molecule has 9 nitrogen and oxygen atoms in total. The van der Waals surface area contributed by atoms with Crippen LogP contribution in [-0.4, -0.2) is 74.9 Å². The predicted octanol–water partition coefficient (Wildman–Crippen LogP) is 14.3. The molecular formula is C49H95NO8P+. The quantitative estimate of drug-likeness (QED) is 0.0212. The number of ether oxygens (including phenoxy) is 2. The number of carbonyl (C=O) groups excluding carboxylic acids is 2. The molecule has 2 unspecified atom stereocenters. The zero-order valence-electron chi connectivity index (χ0n) is 39.2. The van der Waals surface area contributed by atoms with Crippen LogP contribution in [0, 0.1) is 0 Å². The second-order valence-corrected chi connectivity index (χ2v) is 19.3. The van der Waals surface area contributed by atoms with Gasteiger partial charge in [0.25, 0.3) is 0 Å². The van der Waals surface area contributed by atoms with Gasteiger partial charge in [0.05, 0.1) is 27.7 Å². The van der Waals surface area contributed by atoms with Gasteiger partial charge in [0.2, 0.25) is 0 Å². The van der Waals surface area contributed by atoms with Gasteiger partial charge < -0.3 is 18.9 Å². The molecule has 0 heterocycles. The number of unbranched alkanes of at least 4 members (excludes halogenated alkanes) is 27. The Labute approximate surface area is 364 Å². The fourth-order valence-electron chi connectivity index (χ4n) is 6.87. The molecule has 0 spiro atoms. The van der Waals surface area contributed by atoms with E-state index in [-0.39, 0.29) is 25.6 Å². The Hall–Kier alpha value is -1.51. The molecule has 0 aromatic heterocycles. The summed E-state index contributed by atoms with van der Waals surface area (Å²) >= 11 is 0. The summed E-state index contributed by atoms with van der Waals surface area (Å²) in [5.41, 5.74) is 0. The third-order valence-electron chi connectivity index (χ3n) is 10.7. The molecule has 0 aromatic rings. The van der Waals surface area contributed by atoms with Crippen LogP contribution in [0.15, 0.2) is 24.3 Å². The van der Waals surface area contributed by atoms with Crippen molar-refractivity contribution < 1.29 is 42.1 Å². The van der Waals surface area contributed by atoms with Crippen LogP contribution in [0.1, 0.15) is 226 Å². The Morgan fingerprint density at radius 1 is 0.525 bits per heavy atom. The summed E-state index contributed by atoms with van der Waals surface area (Å²) in [6.45, 7) is 4.44. The average molecular weight is 857 g/mol. The van der Waals surface area contributed by atoms with Crippen LogP contribution in [-0.2, 0) is 32.7 Å². The van der Waals surface area contributed by atoms with Crippen LogP contribution >= 0.6 is 7.82 Å². The summed E-state index contributed by atoms with van der Waals surface area (Å²) < 4.78 is 34.4. The molecule has 1 N–H and O–H groups in total. The molecule has 59 heavy (non-hydrogen) atoms. The standard InChI is InChI=1S/C49H94NO8P/c1-6-8-10-12-14-16-18-20-22-23-24-25-26-27-28-30-32-34-36-38-40-42-49(52)58-47(46-57-59(53,54)56-44-43-50(3,4)5)45-55-48(51)41-39-37-35-33-31-29-21-19-17-15-13-11-9-7-2/h18,20,23-24,47H,6-17,19,21-22,25-46H2,1-5H3/p+1/b20-18-,24-23-. The lowest BCUT2D eigenvalue weighted by Gasteiger charge is -2.24. The number of likely N-dealkylation sites (N-methyl/N-ethyl adjacent to an activating group) is 1. The van der Waals surface area contributed by atoms with E-state index in [1.807, 2.05) is 21.1 Å². The zero-order valence-corrected chi connectivity index (χ0v) is 40.1. The summed E-state index contributed by atoms with van der Waals surface area (Å²) in [5, 5.41) is 0. The maximum absolute atomic E-state index is 12.7. The number of esters is 2. The number of nitrogens with zero attached hydrogens (tertiary/aromatic N) is 1. The van der Waals surface area contributed by atoms with Crippen LogP contribution in [0.5, 0.6) is 0 Å². The lowest BCUT2D eigenvalue weighted by atomic mass is 10.0. The molecule has 0 saturated carbocycles.